The molecule has 1 unspecified atom stereocenters. The maximum atomic E-state index is 12.0. The summed E-state index contributed by atoms with van der Waals surface area (Å²) in [5, 5.41) is 3.55. The van der Waals surface area contributed by atoms with Crippen LogP contribution in [0, 0.1) is 0 Å². The van der Waals surface area contributed by atoms with E-state index in [0.29, 0.717) is 17.0 Å². The third-order valence-electron chi connectivity index (χ3n) is 3.12. The molecule has 0 saturated carbocycles. The van der Waals surface area contributed by atoms with Gasteiger partial charge in [-0.05, 0) is 29.8 Å². The van der Waals surface area contributed by atoms with Crippen LogP contribution in [0.5, 0.6) is 0 Å². The molecule has 1 amide bonds. The summed E-state index contributed by atoms with van der Waals surface area (Å²) < 4.78 is 25.2. The van der Waals surface area contributed by atoms with Gasteiger partial charge in [0.1, 0.15) is 0 Å². The summed E-state index contributed by atoms with van der Waals surface area (Å²) in [4.78, 5) is 16.3. The van der Waals surface area contributed by atoms with Crippen LogP contribution in [-0.2, 0) is 17.6 Å². The number of furan rings is 1. The number of hydrogen-bond donors (Lipinski definition) is 2. The molecule has 6 nitrogen and oxygen atoms in total. The fourth-order valence-corrected chi connectivity index (χ4v) is 2.36. The Morgan fingerprint density at radius 2 is 2.00 bits per heavy atom. The van der Waals surface area contributed by atoms with Crippen LogP contribution in [0.3, 0.4) is 0 Å². The second kappa shape index (κ2) is 7.85. The minimum atomic E-state index is -2.00. The Morgan fingerprint density at radius 1 is 1.26 bits per heavy atom. The monoisotopic (exact) mass is 340 g/mol. The number of carbonyl (C=O) groups is 1. The van der Waals surface area contributed by atoms with Gasteiger partial charge in [-0.25, -0.2) is 4.21 Å². The molecule has 0 saturated heterocycles. The van der Waals surface area contributed by atoms with Crippen LogP contribution in [0.2, 0.25) is 0 Å². The van der Waals surface area contributed by atoms with E-state index in [-0.39, 0.29) is 41.2 Å². The van der Waals surface area contributed by atoms with Crippen LogP contribution < -0.4 is 5.32 Å². The van der Waals surface area contributed by atoms with Crippen molar-refractivity contribution in [3.05, 3.63) is 60.1 Å². The SMILES string of the molecule is O=C(NCc1ccc(S(=O)O)cc1)c1cc2ccncc2o1.[NaH]. The Hall–Kier alpha value is -1.51. The van der Waals surface area contributed by atoms with Crippen molar-refractivity contribution in [3.8, 4) is 0 Å². The third-order valence-corrected chi connectivity index (χ3v) is 3.80. The second-order valence-electron chi connectivity index (χ2n) is 4.60. The number of carbonyl (C=O) groups excluding carboxylic acids is 1. The average Bonchev–Trinajstić information content (AvgIpc) is 2.97. The Balaban J connectivity index is 0.00000192. The first-order chi connectivity index (χ1) is 10.6. The van der Waals surface area contributed by atoms with Crippen molar-refractivity contribution >= 4 is 57.5 Å². The molecule has 2 N–H and O–H groups in total. The molecule has 0 aliphatic carbocycles. The summed E-state index contributed by atoms with van der Waals surface area (Å²) in [6, 6.07) is 9.89. The van der Waals surface area contributed by atoms with Gasteiger partial charge in [0.15, 0.2) is 22.4 Å². The standard InChI is InChI=1S/C15H12N2O4S.Na.H/c18-15(13-7-11-5-6-16-9-14(11)21-13)17-8-10-1-3-12(4-2-10)22(19)20;;/h1-7,9H,8H2,(H,17,18)(H,19,20);;. The zero-order valence-corrected chi connectivity index (χ0v) is 12.2. The van der Waals surface area contributed by atoms with E-state index in [4.69, 9.17) is 8.97 Å². The number of hydrogen-bond acceptors (Lipinski definition) is 4. The third kappa shape index (κ3) is 4.27. The molecule has 3 rings (SSSR count). The molecule has 2 aromatic heterocycles. The van der Waals surface area contributed by atoms with Gasteiger partial charge in [-0.2, -0.15) is 0 Å². The van der Waals surface area contributed by atoms with Gasteiger partial charge in [-0.3, -0.25) is 9.78 Å². The van der Waals surface area contributed by atoms with Gasteiger partial charge >= 0.3 is 29.6 Å². The van der Waals surface area contributed by atoms with Gasteiger partial charge in [0, 0.05) is 18.1 Å². The summed E-state index contributed by atoms with van der Waals surface area (Å²) >= 11 is -2.00. The van der Waals surface area contributed by atoms with E-state index in [1.807, 2.05) is 0 Å². The number of pyridine rings is 1. The Morgan fingerprint density at radius 3 is 2.65 bits per heavy atom. The van der Waals surface area contributed by atoms with Gasteiger partial charge < -0.3 is 14.3 Å². The number of nitrogens with zero attached hydrogens (tertiary/aromatic N) is 1. The summed E-state index contributed by atoms with van der Waals surface area (Å²) in [5.74, 6) is -0.109. The summed E-state index contributed by atoms with van der Waals surface area (Å²) in [7, 11) is 0. The van der Waals surface area contributed by atoms with Crippen LogP contribution >= 0.6 is 0 Å². The van der Waals surface area contributed by atoms with Gasteiger partial charge in [0.25, 0.3) is 5.91 Å². The molecule has 8 heteroatoms. The molecule has 2 heterocycles. The number of nitrogens with one attached hydrogen (secondary N) is 1. The molecular formula is C15H13N2NaO4S. The molecule has 0 aliphatic rings. The van der Waals surface area contributed by atoms with E-state index in [1.165, 1.54) is 0 Å². The molecule has 1 atom stereocenters. The van der Waals surface area contributed by atoms with E-state index in [1.54, 1.807) is 48.8 Å². The van der Waals surface area contributed by atoms with Gasteiger partial charge in [-0.1, -0.05) is 12.1 Å². The predicted molar refractivity (Wildman–Crippen MR) is 87.8 cm³/mol. The Labute approximate surface area is 156 Å². The van der Waals surface area contributed by atoms with Gasteiger partial charge in [0.2, 0.25) is 0 Å². The first-order valence-corrected chi connectivity index (χ1v) is 7.56. The van der Waals surface area contributed by atoms with Gasteiger partial charge in [-0.15, -0.1) is 0 Å². The molecule has 0 fully saturated rings. The van der Waals surface area contributed by atoms with Crippen LogP contribution in [0.15, 0.2) is 58.1 Å². The first kappa shape index (κ1) is 17.8. The molecule has 1 aromatic carbocycles. The fourth-order valence-electron chi connectivity index (χ4n) is 1.99. The van der Waals surface area contributed by atoms with E-state index >= 15 is 0 Å². The van der Waals surface area contributed by atoms with Crippen LogP contribution in [0.4, 0.5) is 0 Å². The van der Waals surface area contributed by atoms with Crippen LogP contribution in [-0.4, -0.2) is 49.2 Å². The Kier molecular flexibility index (Phi) is 6.09. The van der Waals surface area contributed by atoms with Crippen molar-refractivity contribution in [1.29, 1.82) is 0 Å². The van der Waals surface area contributed by atoms with E-state index in [9.17, 15) is 9.00 Å². The minimum absolute atomic E-state index is 0. The molecule has 3 aromatic rings. The predicted octanol–water partition coefficient (Wildman–Crippen LogP) is 1.69. The molecule has 114 valence electrons. The second-order valence-corrected chi connectivity index (χ2v) is 5.57. The summed E-state index contributed by atoms with van der Waals surface area (Å²) in [5.41, 5.74) is 1.38. The molecule has 0 spiro atoms. The number of benzene rings is 1. The molecular weight excluding hydrogens is 327 g/mol. The van der Waals surface area contributed by atoms with Crippen LogP contribution in [0.25, 0.3) is 11.0 Å². The summed E-state index contributed by atoms with van der Waals surface area (Å²) in [6.45, 7) is 0.298. The molecule has 0 bridgehead atoms. The van der Waals surface area contributed by atoms with Crippen molar-refractivity contribution < 1.29 is 18.0 Å². The molecule has 0 aliphatic heterocycles. The molecule has 0 radical (unpaired) electrons. The van der Waals surface area contributed by atoms with Crippen molar-refractivity contribution in [2.75, 3.05) is 0 Å². The number of fused-ring (bicyclic) bond motifs is 1. The Bertz CT molecular complexity index is 815. The van der Waals surface area contributed by atoms with E-state index in [2.05, 4.69) is 10.3 Å². The van der Waals surface area contributed by atoms with Crippen molar-refractivity contribution in [2.24, 2.45) is 0 Å². The molecule has 23 heavy (non-hydrogen) atoms. The first-order valence-electron chi connectivity index (χ1n) is 6.45. The van der Waals surface area contributed by atoms with E-state index < -0.39 is 11.1 Å². The number of aromatic nitrogens is 1. The zero-order valence-electron chi connectivity index (χ0n) is 11.4. The van der Waals surface area contributed by atoms with Crippen molar-refractivity contribution in [3.63, 3.8) is 0 Å². The maximum absolute atomic E-state index is 12.0. The van der Waals surface area contributed by atoms with Gasteiger partial charge in [0.05, 0.1) is 11.1 Å². The fraction of sp³-hybridized carbons (Fsp3) is 0.0667. The van der Waals surface area contributed by atoms with Crippen LogP contribution in [0.1, 0.15) is 16.1 Å². The quantitative estimate of drug-likeness (QED) is 0.557. The van der Waals surface area contributed by atoms with Crippen molar-refractivity contribution in [2.45, 2.75) is 11.4 Å². The average molecular weight is 340 g/mol. The van der Waals surface area contributed by atoms with Crippen molar-refractivity contribution in [1.82, 2.24) is 10.3 Å². The number of rotatable bonds is 4. The topological polar surface area (TPSA) is 92.4 Å². The zero-order chi connectivity index (χ0) is 15.5. The normalized spacial score (nSPS) is 11.7. The number of amides is 1. The summed E-state index contributed by atoms with van der Waals surface area (Å²) in [6.07, 6.45) is 3.19. The van der Waals surface area contributed by atoms with E-state index in [0.717, 1.165) is 10.9 Å².